The van der Waals surface area contributed by atoms with Gasteiger partial charge < -0.3 is 19.9 Å². The highest BCUT2D eigenvalue weighted by Gasteiger charge is 2.20. The highest BCUT2D eigenvalue weighted by atomic mass is 16.5. The topological polar surface area (TPSA) is 67.8 Å². The molecule has 5 nitrogen and oxygen atoms in total. The lowest BCUT2D eigenvalue weighted by molar-refractivity contribution is -0.140. The molecule has 0 amide bonds. The van der Waals surface area contributed by atoms with Gasteiger partial charge in [-0.05, 0) is 47.9 Å². The van der Waals surface area contributed by atoms with E-state index in [1.54, 1.807) is 7.11 Å². The highest BCUT2D eigenvalue weighted by molar-refractivity contribution is 5.73. The molecule has 128 valence electrons. The van der Waals surface area contributed by atoms with Crippen molar-refractivity contribution < 1.29 is 19.4 Å². The Morgan fingerprint density at radius 1 is 1.00 bits per heavy atom. The molecule has 2 rings (SSSR count). The predicted molar refractivity (Wildman–Crippen MR) is 92.6 cm³/mol. The van der Waals surface area contributed by atoms with Crippen LogP contribution >= 0.6 is 0 Å². The zero-order valence-electron chi connectivity index (χ0n) is 14.2. The van der Waals surface area contributed by atoms with Crippen LogP contribution in [0.15, 0.2) is 48.5 Å². The van der Waals surface area contributed by atoms with E-state index in [2.05, 4.69) is 5.32 Å². The molecule has 0 saturated heterocycles. The Morgan fingerprint density at radius 3 is 1.96 bits per heavy atom. The van der Waals surface area contributed by atoms with Crippen LogP contribution < -0.4 is 14.8 Å². The van der Waals surface area contributed by atoms with Gasteiger partial charge in [0.1, 0.15) is 23.3 Å². The SMILES string of the molecule is COc1ccc(Oc2ccc(CNC(C(=O)O)C(C)C)cc2)cc1. The molecule has 0 heterocycles. The molecule has 2 aromatic rings. The molecule has 1 atom stereocenters. The van der Waals surface area contributed by atoms with Crippen LogP contribution in [0.2, 0.25) is 0 Å². The van der Waals surface area contributed by atoms with Crippen molar-refractivity contribution >= 4 is 5.97 Å². The first-order valence-corrected chi connectivity index (χ1v) is 7.86. The minimum Gasteiger partial charge on any atom is -0.497 e. The Hall–Kier alpha value is -2.53. The zero-order chi connectivity index (χ0) is 17.5. The molecule has 0 radical (unpaired) electrons. The molecule has 1 unspecified atom stereocenters. The number of carboxylic acids is 1. The zero-order valence-corrected chi connectivity index (χ0v) is 14.2. The number of hydrogen-bond donors (Lipinski definition) is 2. The quantitative estimate of drug-likeness (QED) is 0.773. The Balaban J connectivity index is 1.93. The van der Waals surface area contributed by atoms with Crippen molar-refractivity contribution in [2.75, 3.05) is 7.11 Å². The lowest BCUT2D eigenvalue weighted by Gasteiger charge is -2.18. The van der Waals surface area contributed by atoms with Crippen LogP contribution in [0.5, 0.6) is 17.2 Å². The second-order valence-electron chi connectivity index (χ2n) is 5.86. The monoisotopic (exact) mass is 329 g/mol. The largest absolute Gasteiger partial charge is 0.497 e. The summed E-state index contributed by atoms with van der Waals surface area (Å²) >= 11 is 0. The van der Waals surface area contributed by atoms with Crippen LogP contribution in [-0.2, 0) is 11.3 Å². The first-order valence-electron chi connectivity index (χ1n) is 7.86. The van der Waals surface area contributed by atoms with E-state index < -0.39 is 12.0 Å². The van der Waals surface area contributed by atoms with Crippen molar-refractivity contribution in [3.63, 3.8) is 0 Å². The number of benzene rings is 2. The molecule has 2 aromatic carbocycles. The van der Waals surface area contributed by atoms with Gasteiger partial charge in [0.15, 0.2) is 0 Å². The van der Waals surface area contributed by atoms with E-state index in [0.717, 1.165) is 22.8 Å². The Kier molecular flexibility index (Phi) is 6.21. The Morgan fingerprint density at radius 2 is 1.50 bits per heavy atom. The molecule has 0 bridgehead atoms. The molecular weight excluding hydrogens is 306 g/mol. The van der Waals surface area contributed by atoms with Gasteiger partial charge in [-0.25, -0.2) is 0 Å². The van der Waals surface area contributed by atoms with Gasteiger partial charge in [0.25, 0.3) is 0 Å². The maximum absolute atomic E-state index is 11.2. The fourth-order valence-corrected chi connectivity index (χ4v) is 2.29. The summed E-state index contributed by atoms with van der Waals surface area (Å²) < 4.78 is 10.9. The molecule has 5 heteroatoms. The molecule has 0 aliphatic rings. The summed E-state index contributed by atoms with van der Waals surface area (Å²) in [4.78, 5) is 11.2. The molecule has 0 spiro atoms. The average Bonchev–Trinajstić information content (AvgIpc) is 2.56. The summed E-state index contributed by atoms with van der Waals surface area (Å²) in [6.45, 7) is 4.27. The molecule has 0 aliphatic heterocycles. The van der Waals surface area contributed by atoms with Crippen LogP contribution in [0.4, 0.5) is 0 Å². The molecule has 24 heavy (non-hydrogen) atoms. The first kappa shape index (κ1) is 17.8. The molecular formula is C19H23NO4. The van der Waals surface area contributed by atoms with Crippen molar-refractivity contribution in [2.24, 2.45) is 5.92 Å². The lowest BCUT2D eigenvalue weighted by Crippen LogP contribution is -2.40. The lowest BCUT2D eigenvalue weighted by atomic mass is 10.0. The third-order valence-corrected chi connectivity index (χ3v) is 3.68. The van der Waals surface area contributed by atoms with E-state index in [1.807, 2.05) is 62.4 Å². The highest BCUT2D eigenvalue weighted by Crippen LogP contribution is 2.24. The van der Waals surface area contributed by atoms with E-state index in [-0.39, 0.29) is 5.92 Å². The van der Waals surface area contributed by atoms with Crippen molar-refractivity contribution in [1.82, 2.24) is 5.32 Å². The van der Waals surface area contributed by atoms with Gasteiger partial charge >= 0.3 is 5.97 Å². The number of aliphatic carboxylic acids is 1. The van der Waals surface area contributed by atoms with Crippen LogP contribution in [0.25, 0.3) is 0 Å². The van der Waals surface area contributed by atoms with E-state index >= 15 is 0 Å². The maximum atomic E-state index is 11.2. The smallest absolute Gasteiger partial charge is 0.320 e. The number of carbonyl (C=O) groups is 1. The van der Waals surface area contributed by atoms with Gasteiger partial charge in [0, 0.05) is 6.54 Å². The summed E-state index contributed by atoms with van der Waals surface area (Å²) in [7, 11) is 1.62. The van der Waals surface area contributed by atoms with E-state index in [0.29, 0.717) is 6.54 Å². The van der Waals surface area contributed by atoms with Gasteiger partial charge in [-0.1, -0.05) is 26.0 Å². The molecule has 0 aromatic heterocycles. The number of ether oxygens (including phenoxy) is 2. The standard InChI is InChI=1S/C19H23NO4/c1-13(2)18(19(21)22)20-12-14-4-6-16(7-5-14)24-17-10-8-15(23-3)9-11-17/h4-11,13,18,20H,12H2,1-3H3,(H,21,22). The second-order valence-corrected chi connectivity index (χ2v) is 5.86. The predicted octanol–water partition coefficient (Wildman–Crippen LogP) is 3.69. The summed E-state index contributed by atoms with van der Waals surface area (Å²) in [6.07, 6.45) is 0. The van der Waals surface area contributed by atoms with Gasteiger partial charge in [-0.2, -0.15) is 0 Å². The van der Waals surface area contributed by atoms with E-state index in [1.165, 1.54) is 0 Å². The Labute approximate surface area is 142 Å². The third-order valence-electron chi connectivity index (χ3n) is 3.68. The first-order chi connectivity index (χ1) is 11.5. The minimum absolute atomic E-state index is 0.0279. The number of carboxylic acid groups (broad SMARTS) is 1. The van der Waals surface area contributed by atoms with Crippen LogP contribution in [0.3, 0.4) is 0 Å². The summed E-state index contributed by atoms with van der Waals surface area (Å²) in [5.74, 6) is 1.43. The molecule has 0 aliphatic carbocycles. The third kappa shape index (κ3) is 4.99. The molecule has 2 N–H and O–H groups in total. The van der Waals surface area contributed by atoms with Crippen molar-refractivity contribution in [3.05, 3.63) is 54.1 Å². The van der Waals surface area contributed by atoms with E-state index in [9.17, 15) is 9.90 Å². The van der Waals surface area contributed by atoms with Gasteiger partial charge in [-0.15, -0.1) is 0 Å². The van der Waals surface area contributed by atoms with Crippen LogP contribution in [0.1, 0.15) is 19.4 Å². The summed E-state index contributed by atoms with van der Waals surface area (Å²) in [5, 5.41) is 12.2. The van der Waals surface area contributed by atoms with Crippen molar-refractivity contribution in [2.45, 2.75) is 26.4 Å². The minimum atomic E-state index is -0.829. The Bertz CT molecular complexity index is 650. The average molecular weight is 329 g/mol. The van der Waals surface area contributed by atoms with Crippen LogP contribution in [-0.4, -0.2) is 24.2 Å². The number of methoxy groups -OCH3 is 1. The number of hydrogen-bond acceptors (Lipinski definition) is 4. The van der Waals surface area contributed by atoms with Gasteiger partial charge in [0.05, 0.1) is 7.11 Å². The van der Waals surface area contributed by atoms with E-state index in [4.69, 9.17) is 9.47 Å². The number of rotatable bonds is 8. The second kappa shape index (κ2) is 8.36. The molecule has 0 saturated carbocycles. The van der Waals surface area contributed by atoms with Crippen LogP contribution in [0, 0.1) is 5.92 Å². The number of nitrogens with one attached hydrogen (secondary N) is 1. The molecule has 0 fully saturated rings. The van der Waals surface area contributed by atoms with Crippen molar-refractivity contribution in [3.8, 4) is 17.2 Å². The maximum Gasteiger partial charge on any atom is 0.320 e. The van der Waals surface area contributed by atoms with Crippen molar-refractivity contribution in [1.29, 1.82) is 0 Å². The fraction of sp³-hybridized carbons (Fsp3) is 0.316. The van der Waals surface area contributed by atoms with Gasteiger partial charge in [0.2, 0.25) is 0 Å². The summed E-state index contributed by atoms with van der Waals surface area (Å²) in [6, 6.07) is 14.4. The van der Waals surface area contributed by atoms with Gasteiger partial charge in [-0.3, -0.25) is 4.79 Å². The normalized spacial score (nSPS) is 12.0. The fourth-order valence-electron chi connectivity index (χ4n) is 2.29. The summed E-state index contributed by atoms with van der Waals surface area (Å²) in [5.41, 5.74) is 1.00.